The molecule has 1 heterocycles. The molecule has 1 aliphatic rings. The number of aliphatic carboxylic acids is 1. The van der Waals surface area contributed by atoms with Crippen molar-refractivity contribution in [3.8, 4) is 0 Å². The number of carbonyl (C=O) groups is 2. The summed E-state index contributed by atoms with van der Waals surface area (Å²) >= 11 is 0. The summed E-state index contributed by atoms with van der Waals surface area (Å²) in [6, 6.07) is -0.112. The fourth-order valence-corrected chi connectivity index (χ4v) is 1.90. The lowest BCUT2D eigenvalue weighted by molar-refractivity contribution is -0.159. The number of ether oxygens (including phenoxy) is 2. The number of urea groups is 1. The van der Waals surface area contributed by atoms with Gasteiger partial charge in [0.15, 0.2) is 0 Å². The number of hydrogen-bond acceptors (Lipinski definition) is 4. The molecule has 7 heteroatoms. The normalized spacial score (nSPS) is 18.6. The number of methoxy groups -OCH3 is 1. The van der Waals surface area contributed by atoms with E-state index in [1.54, 1.807) is 18.9 Å². The lowest BCUT2D eigenvalue weighted by atomic mass is 9.97. The largest absolute Gasteiger partial charge is 0.480 e. The topological polar surface area (TPSA) is 88.1 Å². The summed E-state index contributed by atoms with van der Waals surface area (Å²) in [5.41, 5.74) is -0.550. The Balaban J connectivity index is 2.25. The number of amides is 2. The van der Waals surface area contributed by atoms with Gasteiger partial charge in [0.05, 0.1) is 13.1 Å². The first-order valence-corrected chi connectivity index (χ1v) is 6.26. The van der Waals surface area contributed by atoms with Crippen LogP contribution in [0.3, 0.4) is 0 Å². The second kappa shape index (κ2) is 6.72. The Bertz CT molecular complexity index is 328. The summed E-state index contributed by atoms with van der Waals surface area (Å²) in [6.45, 7) is 4.79. The molecule has 2 N–H and O–H groups in total. The Labute approximate surface area is 112 Å². The van der Waals surface area contributed by atoms with Gasteiger partial charge in [0.2, 0.25) is 0 Å². The zero-order valence-corrected chi connectivity index (χ0v) is 11.6. The maximum absolute atomic E-state index is 11.8. The van der Waals surface area contributed by atoms with Crippen molar-refractivity contribution in [3.05, 3.63) is 0 Å². The van der Waals surface area contributed by atoms with E-state index in [9.17, 15) is 9.59 Å². The average Bonchev–Trinajstić information content (AvgIpc) is 2.30. The third-order valence-electron chi connectivity index (χ3n) is 3.01. The van der Waals surface area contributed by atoms with E-state index >= 15 is 0 Å². The highest BCUT2D eigenvalue weighted by Gasteiger charge is 2.42. The Morgan fingerprint density at radius 1 is 1.47 bits per heavy atom. The lowest BCUT2D eigenvalue weighted by Gasteiger charge is -2.47. The number of carbonyl (C=O) groups excluding carboxylic acids is 1. The SMILES string of the molecule is COCCC(C)NC(=O)N1CC(C)(OCC(=O)O)C1. The number of carboxylic acid groups (broad SMARTS) is 1. The fraction of sp³-hybridized carbons (Fsp3) is 0.833. The number of carboxylic acids is 1. The van der Waals surface area contributed by atoms with E-state index < -0.39 is 11.6 Å². The van der Waals surface area contributed by atoms with Crippen LogP contribution in [0.5, 0.6) is 0 Å². The standard InChI is InChI=1S/C12H22N2O5/c1-9(4-5-18-3)13-11(17)14-7-12(2,8-14)19-6-10(15)16/h9H,4-8H2,1-3H3,(H,13,17)(H,15,16). The Morgan fingerprint density at radius 2 is 2.11 bits per heavy atom. The molecule has 7 nitrogen and oxygen atoms in total. The van der Waals surface area contributed by atoms with E-state index in [4.69, 9.17) is 14.6 Å². The van der Waals surface area contributed by atoms with Crippen LogP contribution in [0, 0.1) is 0 Å². The Hall–Kier alpha value is -1.34. The van der Waals surface area contributed by atoms with Gasteiger partial charge in [0, 0.05) is 19.8 Å². The number of nitrogens with zero attached hydrogens (tertiary/aromatic N) is 1. The van der Waals surface area contributed by atoms with Crippen molar-refractivity contribution in [2.24, 2.45) is 0 Å². The molecule has 19 heavy (non-hydrogen) atoms. The molecular weight excluding hydrogens is 252 g/mol. The van der Waals surface area contributed by atoms with Gasteiger partial charge in [0.1, 0.15) is 12.2 Å². The van der Waals surface area contributed by atoms with E-state index in [0.717, 1.165) is 6.42 Å². The predicted octanol–water partition coefficient (Wildman–Crippen LogP) is 0.297. The van der Waals surface area contributed by atoms with Gasteiger partial charge in [-0.3, -0.25) is 0 Å². The highest BCUT2D eigenvalue weighted by molar-refractivity contribution is 5.75. The number of hydrogen-bond donors (Lipinski definition) is 2. The zero-order valence-electron chi connectivity index (χ0n) is 11.6. The summed E-state index contributed by atoms with van der Waals surface area (Å²) in [6.07, 6.45) is 0.753. The van der Waals surface area contributed by atoms with Crippen LogP contribution in [0.25, 0.3) is 0 Å². The molecular formula is C12H22N2O5. The molecule has 0 aromatic rings. The number of likely N-dealkylation sites (tertiary alicyclic amines) is 1. The van der Waals surface area contributed by atoms with Crippen LogP contribution in [0.15, 0.2) is 0 Å². The molecule has 1 saturated heterocycles. The van der Waals surface area contributed by atoms with Gasteiger partial charge in [-0.1, -0.05) is 0 Å². The molecule has 1 rings (SSSR count). The second-order valence-electron chi connectivity index (χ2n) is 5.12. The van der Waals surface area contributed by atoms with E-state index in [1.807, 2.05) is 6.92 Å². The van der Waals surface area contributed by atoms with Gasteiger partial charge in [-0.15, -0.1) is 0 Å². The van der Waals surface area contributed by atoms with Gasteiger partial charge in [0.25, 0.3) is 0 Å². The predicted molar refractivity (Wildman–Crippen MR) is 68.1 cm³/mol. The third-order valence-corrected chi connectivity index (χ3v) is 3.01. The fourth-order valence-electron chi connectivity index (χ4n) is 1.90. The molecule has 1 atom stereocenters. The van der Waals surface area contributed by atoms with Crippen LogP contribution in [-0.4, -0.2) is 67.1 Å². The van der Waals surface area contributed by atoms with Crippen LogP contribution in [0.4, 0.5) is 4.79 Å². The quantitative estimate of drug-likeness (QED) is 0.697. The van der Waals surface area contributed by atoms with Crippen molar-refractivity contribution in [1.82, 2.24) is 10.2 Å². The highest BCUT2D eigenvalue weighted by Crippen LogP contribution is 2.24. The molecule has 2 amide bonds. The monoisotopic (exact) mass is 274 g/mol. The van der Waals surface area contributed by atoms with Crippen molar-refractivity contribution >= 4 is 12.0 Å². The van der Waals surface area contributed by atoms with E-state index in [0.29, 0.717) is 19.7 Å². The van der Waals surface area contributed by atoms with E-state index in [1.165, 1.54) is 0 Å². The molecule has 0 spiro atoms. The van der Waals surface area contributed by atoms with Gasteiger partial charge in [-0.25, -0.2) is 9.59 Å². The van der Waals surface area contributed by atoms with Crippen molar-refractivity contribution in [2.75, 3.05) is 33.4 Å². The Morgan fingerprint density at radius 3 is 2.63 bits per heavy atom. The van der Waals surface area contributed by atoms with Crippen LogP contribution in [0.1, 0.15) is 20.3 Å². The second-order valence-corrected chi connectivity index (χ2v) is 5.12. The number of nitrogens with one attached hydrogen (secondary N) is 1. The summed E-state index contributed by atoms with van der Waals surface area (Å²) in [4.78, 5) is 23.8. The van der Waals surface area contributed by atoms with Crippen LogP contribution >= 0.6 is 0 Å². The molecule has 0 saturated carbocycles. The molecule has 1 aliphatic heterocycles. The number of rotatable bonds is 7. The Kier molecular flexibility index (Phi) is 5.56. The molecule has 110 valence electrons. The van der Waals surface area contributed by atoms with Crippen molar-refractivity contribution in [3.63, 3.8) is 0 Å². The zero-order chi connectivity index (χ0) is 14.5. The summed E-state index contributed by atoms with van der Waals surface area (Å²) in [5, 5.41) is 11.4. The van der Waals surface area contributed by atoms with Crippen LogP contribution in [0.2, 0.25) is 0 Å². The van der Waals surface area contributed by atoms with Crippen LogP contribution < -0.4 is 5.32 Å². The van der Waals surface area contributed by atoms with Gasteiger partial charge < -0.3 is 24.8 Å². The van der Waals surface area contributed by atoms with Crippen molar-refractivity contribution < 1.29 is 24.2 Å². The van der Waals surface area contributed by atoms with E-state index in [2.05, 4.69) is 5.32 Å². The van der Waals surface area contributed by atoms with Crippen LogP contribution in [-0.2, 0) is 14.3 Å². The summed E-state index contributed by atoms with van der Waals surface area (Å²) < 4.78 is 10.2. The van der Waals surface area contributed by atoms with Gasteiger partial charge >= 0.3 is 12.0 Å². The average molecular weight is 274 g/mol. The van der Waals surface area contributed by atoms with Gasteiger partial charge in [-0.05, 0) is 20.3 Å². The lowest BCUT2D eigenvalue weighted by Crippen LogP contribution is -2.65. The maximum atomic E-state index is 11.8. The first-order valence-electron chi connectivity index (χ1n) is 6.26. The summed E-state index contributed by atoms with van der Waals surface area (Å²) in [5.74, 6) is -1.00. The minimum atomic E-state index is -1.00. The third kappa shape index (κ3) is 5.04. The molecule has 0 aromatic heterocycles. The van der Waals surface area contributed by atoms with Crippen molar-refractivity contribution in [1.29, 1.82) is 0 Å². The molecule has 1 fully saturated rings. The minimum Gasteiger partial charge on any atom is -0.480 e. The molecule has 1 unspecified atom stereocenters. The highest BCUT2D eigenvalue weighted by atomic mass is 16.5. The first-order chi connectivity index (χ1) is 8.86. The van der Waals surface area contributed by atoms with Crippen molar-refractivity contribution in [2.45, 2.75) is 31.9 Å². The summed E-state index contributed by atoms with van der Waals surface area (Å²) in [7, 11) is 1.62. The van der Waals surface area contributed by atoms with Gasteiger partial charge in [-0.2, -0.15) is 0 Å². The maximum Gasteiger partial charge on any atom is 0.329 e. The first kappa shape index (κ1) is 15.7. The minimum absolute atomic E-state index is 0.0410. The smallest absolute Gasteiger partial charge is 0.329 e. The molecule has 0 aromatic carbocycles. The molecule has 0 radical (unpaired) electrons. The molecule has 0 bridgehead atoms. The van der Waals surface area contributed by atoms with E-state index in [-0.39, 0.29) is 18.7 Å². The molecule has 0 aliphatic carbocycles.